The van der Waals surface area contributed by atoms with Gasteiger partial charge in [-0.15, -0.1) is 0 Å². The maximum Gasteiger partial charge on any atom is 0.283 e. The zero-order valence-corrected chi connectivity index (χ0v) is 17.5. The lowest BCUT2D eigenvalue weighted by molar-refractivity contribution is 0.0744. The smallest absolute Gasteiger partial charge is 0.283 e. The van der Waals surface area contributed by atoms with E-state index in [2.05, 4.69) is 10.2 Å². The topological polar surface area (TPSA) is 61.0 Å². The Morgan fingerprint density at radius 2 is 1.77 bits per heavy atom. The highest BCUT2D eigenvalue weighted by molar-refractivity contribution is 6.35. The molecule has 0 unspecified atom stereocenters. The van der Waals surface area contributed by atoms with Crippen molar-refractivity contribution < 1.29 is 18.5 Å². The number of hydrogen-bond donors (Lipinski definition) is 2. The fraction of sp³-hybridized carbons (Fsp3) is 0.273. The molecule has 2 N–H and O–H groups in total. The molecule has 2 heterocycles. The highest BCUT2D eigenvalue weighted by Crippen LogP contribution is 2.30. The Morgan fingerprint density at radius 1 is 1.07 bits per heavy atom. The maximum atomic E-state index is 13.5. The van der Waals surface area contributed by atoms with Crippen LogP contribution in [0.2, 0.25) is 15.1 Å². The molecule has 0 atom stereocenters. The van der Waals surface area contributed by atoms with E-state index in [-0.39, 0.29) is 33.4 Å². The summed E-state index contributed by atoms with van der Waals surface area (Å²) in [6.45, 7) is -7.08. The molecule has 1 amide bonds. The van der Waals surface area contributed by atoms with Gasteiger partial charge in [0.2, 0.25) is 0 Å². The van der Waals surface area contributed by atoms with Crippen LogP contribution in [0.4, 0.5) is 0 Å². The number of aromatic nitrogens is 2. The van der Waals surface area contributed by atoms with E-state index in [1.807, 2.05) is 5.43 Å². The molecule has 3 aromatic rings. The van der Waals surface area contributed by atoms with Gasteiger partial charge in [0.05, 0.1) is 5.69 Å². The number of nitrogens with one attached hydrogen (secondary N) is 2. The minimum atomic E-state index is -3.62. The molecule has 0 aliphatic carbocycles. The number of carbonyl (C=O) groups excluding carboxylic acids is 1. The van der Waals surface area contributed by atoms with Crippen molar-refractivity contribution in [3.63, 3.8) is 0 Å². The molecule has 2 aromatic carbocycles. The van der Waals surface area contributed by atoms with Crippen molar-refractivity contribution in [1.82, 2.24) is 20.6 Å². The summed E-state index contributed by atoms with van der Waals surface area (Å²) in [7, 11) is 0. The lowest BCUT2D eigenvalue weighted by atomic mass is 9.98. The molecule has 4 rings (SSSR count). The second-order valence-electron chi connectivity index (χ2n) is 6.22. The van der Waals surface area contributed by atoms with Crippen LogP contribution in [0.5, 0.6) is 0 Å². The number of H-pyrrole nitrogens is 1. The molecule has 1 aromatic heterocycles. The molecule has 1 aliphatic heterocycles. The van der Waals surface area contributed by atoms with Crippen molar-refractivity contribution in [1.29, 1.82) is 0 Å². The molecule has 1 aliphatic rings. The van der Waals surface area contributed by atoms with Crippen molar-refractivity contribution >= 4 is 40.7 Å². The number of halogens is 3. The highest BCUT2D eigenvalue weighted by Gasteiger charge is 2.23. The summed E-state index contributed by atoms with van der Waals surface area (Å²) in [6.07, 6.45) is -10.8. The SMILES string of the molecule is [2H]C1([2H])N(NC(=O)c2[nH]nc(-c3ccc(Cl)cc3)c2Cc2ccc(Cl)cc2Cl)C([2H])([2H])C([2H])([2H])C([2H])([2H])C1([2H])[2H]. The van der Waals surface area contributed by atoms with E-state index in [4.69, 9.17) is 48.5 Å². The second-order valence-corrected chi connectivity index (χ2v) is 7.50. The Morgan fingerprint density at radius 3 is 2.47 bits per heavy atom. The third-order valence-electron chi connectivity index (χ3n) is 4.27. The molecule has 8 heteroatoms. The largest absolute Gasteiger partial charge is 0.283 e. The van der Waals surface area contributed by atoms with Crippen LogP contribution in [-0.2, 0) is 6.42 Å². The Labute approximate surface area is 204 Å². The van der Waals surface area contributed by atoms with E-state index in [0.717, 1.165) is 0 Å². The maximum absolute atomic E-state index is 13.5. The molecule has 0 radical (unpaired) electrons. The van der Waals surface area contributed by atoms with Crippen LogP contribution in [0.25, 0.3) is 11.3 Å². The van der Waals surface area contributed by atoms with Gasteiger partial charge in [0.15, 0.2) is 0 Å². The molecule has 0 spiro atoms. The first-order valence-electron chi connectivity index (χ1n) is 13.7. The van der Waals surface area contributed by atoms with E-state index in [9.17, 15) is 4.79 Å². The van der Waals surface area contributed by atoms with E-state index in [1.54, 1.807) is 36.4 Å². The van der Waals surface area contributed by atoms with Gasteiger partial charge in [-0.3, -0.25) is 15.3 Å². The van der Waals surface area contributed by atoms with Gasteiger partial charge in [-0.2, -0.15) is 5.10 Å². The number of benzene rings is 2. The average molecular weight is 474 g/mol. The summed E-state index contributed by atoms with van der Waals surface area (Å²) in [4.78, 5) is 13.5. The number of hydrazine groups is 1. The number of aromatic amines is 1. The minimum absolute atomic E-state index is 0.00277. The fourth-order valence-corrected chi connectivity index (χ4v) is 3.47. The normalized spacial score (nSPS) is 28.0. The van der Waals surface area contributed by atoms with Crippen LogP contribution >= 0.6 is 34.8 Å². The van der Waals surface area contributed by atoms with Gasteiger partial charge in [0, 0.05) is 59.3 Å². The Balaban J connectivity index is 1.81. The molecule has 156 valence electrons. The second kappa shape index (κ2) is 9.40. The monoisotopic (exact) mass is 472 g/mol. The molecular formula is C22H21Cl3N4O. The van der Waals surface area contributed by atoms with Gasteiger partial charge in [-0.25, -0.2) is 5.01 Å². The zero-order chi connectivity index (χ0) is 30.1. The number of hydrogen-bond acceptors (Lipinski definition) is 3. The predicted octanol–water partition coefficient (Wildman–Crippen LogP) is 5.76. The van der Waals surface area contributed by atoms with Crippen LogP contribution in [0.15, 0.2) is 42.5 Å². The van der Waals surface area contributed by atoms with E-state index >= 15 is 0 Å². The molecule has 0 bridgehead atoms. The molecular weight excluding hydrogens is 443 g/mol. The molecule has 1 saturated heterocycles. The third kappa shape index (κ3) is 4.81. The van der Waals surface area contributed by atoms with Gasteiger partial charge in [-0.05, 0) is 42.6 Å². The number of piperidine rings is 1. The molecule has 5 nitrogen and oxygen atoms in total. The predicted molar refractivity (Wildman–Crippen MR) is 121 cm³/mol. The summed E-state index contributed by atoms with van der Waals surface area (Å²) >= 11 is 18.4. The Bertz CT molecular complexity index is 1430. The van der Waals surface area contributed by atoms with Gasteiger partial charge < -0.3 is 0 Å². The first kappa shape index (κ1) is 12.1. The van der Waals surface area contributed by atoms with Crippen LogP contribution < -0.4 is 5.43 Å². The first-order valence-corrected chi connectivity index (χ1v) is 9.79. The van der Waals surface area contributed by atoms with Crippen molar-refractivity contribution in [2.45, 2.75) is 25.5 Å². The standard InChI is InChI=1S/C22H21Cl3N4O/c23-16-7-4-14(5-8-16)20-18(12-15-6-9-17(24)13-19(15)25)21(27-26-20)22(30)28-29-10-2-1-3-11-29/h4-9,13H,1-3,10-12H2,(H,26,27)(H,28,30)/i1D2,2D2,3D2,10D2,11D2. The molecule has 1 fully saturated rings. The van der Waals surface area contributed by atoms with Gasteiger partial charge in [0.25, 0.3) is 5.91 Å². The Hall–Kier alpha value is -2.05. The van der Waals surface area contributed by atoms with Crippen molar-refractivity contribution in [2.24, 2.45) is 0 Å². The van der Waals surface area contributed by atoms with Crippen LogP contribution in [0.1, 0.15) is 54.4 Å². The van der Waals surface area contributed by atoms with E-state index in [1.165, 1.54) is 6.07 Å². The third-order valence-corrected chi connectivity index (χ3v) is 5.11. The number of amides is 1. The van der Waals surface area contributed by atoms with Gasteiger partial charge >= 0.3 is 0 Å². The van der Waals surface area contributed by atoms with Gasteiger partial charge in [0.1, 0.15) is 5.69 Å². The minimum Gasteiger partial charge on any atom is -0.283 e. The lowest BCUT2D eigenvalue weighted by Gasteiger charge is -2.26. The highest BCUT2D eigenvalue weighted by atomic mass is 35.5. The Kier molecular flexibility index (Phi) is 3.79. The summed E-state index contributed by atoms with van der Waals surface area (Å²) in [5, 5.41) is 7.68. The van der Waals surface area contributed by atoms with Crippen molar-refractivity contribution in [2.75, 3.05) is 13.0 Å². The van der Waals surface area contributed by atoms with Crippen molar-refractivity contribution in [3.05, 3.63) is 74.4 Å². The summed E-state index contributed by atoms with van der Waals surface area (Å²) in [6, 6.07) is 11.2. The van der Waals surface area contributed by atoms with Crippen LogP contribution in [0, 0.1) is 0 Å². The lowest BCUT2D eigenvalue weighted by Crippen LogP contribution is -2.45. The van der Waals surface area contributed by atoms with Crippen molar-refractivity contribution in [3.8, 4) is 11.3 Å². The number of rotatable bonds is 5. The number of nitrogens with zero attached hydrogens (tertiary/aromatic N) is 2. The van der Waals surface area contributed by atoms with E-state index in [0.29, 0.717) is 21.2 Å². The first-order chi connectivity index (χ1) is 18.3. The number of carbonyl (C=O) groups is 1. The fourth-order valence-electron chi connectivity index (χ4n) is 2.87. The van der Waals surface area contributed by atoms with Gasteiger partial charge in [-0.1, -0.05) is 59.4 Å². The zero-order valence-electron chi connectivity index (χ0n) is 25.2. The summed E-state index contributed by atoms with van der Waals surface area (Å²) in [5.41, 5.74) is 3.24. The van der Waals surface area contributed by atoms with Crippen LogP contribution in [-0.4, -0.2) is 34.1 Å². The average Bonchev–Trinajstić information content (AvgIpc) is 3.26. The molecule has 0 saturated carbocycles. The molecule has 30 heavy (non-hydrogen) atoms. The van der Waals surface area contributed by atoms with E-state index < -0.39 is 38.0 Å². The van der Waals surface area contributed by atoms with Crippen LogP contribution in [0.3, 0.4) is 0 Å². The summed E-state index contributed by atoms with van der Waals surface area (Å²) < 4.78 is 81.2. The quantitative estimate of drug-likeness (QED) is 0.495. The summed E-state index contributed by atoms with van der Waals surface area (Å²) in [5.74, 6) is -1.19.